The second-order valence-corrected chi connectivity index (χ2v) is 3.58. The molecule has 82 valence electrons. The van der Waals surface area contributed by atoms with E-state index in [0.29, 0.717) is 5.75 Å². The third kappa shape index (κ3) is 1.68. The Bertz CT molecular complexity index is 517. The van der Waals surface area contributed by atoms with Crippen LogP contribution in [0.1, 0.15) is 11.7 Å². The molecule has 0 amide bonds. The molecule has 0 saturated carbocycles. The van der Waals surface area contributed by atoms with Gasteiger partial charge in [0.1, 0.15) is 11.9 Å². The number of hydrogen-bond acceptors (Lipinski definition) is 2. The maximum Gasteiger partial charge on any atom is 0.125 e. The first-order valence-corrected chi connectivity index (χ1v) is 5.14. The minimum absolute atomic E-state index is 0.686. The lowest BCUT2D eigenvalue weighted by Gasteiger charge is -2.14. The number of hydrogen-bond donors (Lipinski definition) is 1. The molecular formula is C14H14O2. The summed E-state index contributed by atoms with van der Waals surface area (Å²) in [5, 5.41) is 12.0. The van der Waals surface area contributed by atoms with E-state index in [9.17, 15) is 5.11 Å². The molecule has 2 aromatic carbocycles. The maximum atomic E-state index is 9.94. The molecule has 0 spiro atoms. The van der Waals surface area contributed by atoms with Crippen molar-refractivity contribution < 1.29 is 9.84 Å². The highest BCUT2D eigenvalue weighted by atomic mass is 16.5. The van der Waals surface area contributed by atoms with Crippen LogP contribution >= 0.6 is 0 Å². The van der Waals surface area contributed by atoms with E-state index in [1.54, 1.807) is 7.11 Å². The van der Waals surface area contributed by atoms with Gasteiger partial charge in [-0.3, -0.25) is 0 Å². The van der Waals surface area contributed by atoms with Gasteiger partial charge in [-0.2, -0.15) is 0 Å². The fourth-order valence-electron chi connectivity index (χ4n) is 1.88. The van der Waals surface area contributed by atoms with Gasteiger partial charge in [-0.1, -0.05) is 36.4 Å². The van der Waals surface area contributed by atoms with Crippen LogP contribution in [0.25, 0.3) is 10.8 Å². The monoisotopic (exact) mass is 214 g/mol. The molecule has 0 aliphatic heterocycles. The first-order valence-electron chi connectivity index (χ1n) is 5.14. The van der Waals surface area contributed by atoms with Crippen molar-refractivity contribution >= 4 is 10.8 Å². The molecule has 0 aromatic heterocycles. The van der Waals surface area contributed by atoms with E-state index in [0.717, 1.165) is 16.3 Å². The SMILES string of the molecule is C=CC(O)c1c(OC)ccc2ccccc12. The van der Waals surface area contributed by atoms with Gasteiger partial charge in [0.2, 0.25) is 0 Å². The van der Waals surface area contributed by atoms with Crippen molar-refractivity contribution in [3.63, 3.8) is 0 Å². The van der Waals surface area contributed by atoms with Crippen molar-refractivity contribution in [2.24, 2.45) is 0 Å². The highest BCUT2D eigenvalue weighted by Gasteiger charge is 2.13. The molecule has 2 heteroatoms. The zero-order chi connectivity index (χ0) is 11.5. The van der Waals surface area contributed by atoms with Crippen LogP contribution in [0.4, 0.5) is 0 Å². The van der Waals surface area contributed by atoms with Gasteiger partial charge in [-0.15, -0.1) is 6.58 Å². The smallest absolute Gasteiger partial charge is 0.125 e. The average molecular weight is 214 g/mol. The molecule has 0 aliphatic rings. The van der Waals surface area contributed by atoms with Gasteiger partial charge in [0.25, 0.3) is 0 Å². The van der Waals surface area contributed by atoms with E-state index in [2.05, 4.69) is 6.58 Å². The Morgan fingerprint density at radius 1 is 1.25 bits per heavy atom. The van der Waals surface area contributed by atoms with E-state index < -0.39 is 6.10 Å². The molecule has 0 aliphatic carbocycles. The Morgan fingerprint density at radius 3 is 2.69 bits per heavy atom. The lowest BCUT2D eigenvalue weighted by molar-refractivity contribution is 0.225. The van der Waals surface area contributed by atoms with Gasteiger partial charge in [0.15, 0.2) is 0 Å². The Labute approximate surface area is 94.8 Å². The van der Waals surface area contributed by atoms with Crippen LogP contribution in [0.3, 0.4) is 0 Å². The van der Waals surface area contributed by atoms with Gasteiger partial charge in [-0.25, -0.2) is 0 Å². The van der Waals surface area contributed by atoms with Gasteiger partial charge >= 0.3 is 0 Å². The molecule has 0 heterocycles. The molecule has 1 unspecified atom stereocenters. The normalized spacial score (nSPS) is 12.4. The molecule has 0 radical (unpaired) electrons. The standard InChI is InChI=1S/C14H14O2/c1-3-12(15)14-11-7-5-4-6-10(11)8-9-13(14)16-2/h3-9,12,15H,1H2,2H3. The molecule has 2 rings (SSSR count). The summed E-state index contributed by atoms with van der Waals surface area (Å²) in [5.74, 6) is 0.686. The Morgan fingerprint density at radius 2 is 2.00 bits per heavy atom. The highest BCUT2D eigenvalue weighted by Crippen LogP contribution is 2.33. The lowest BCUT2D eigenvalue weighted by atomic mass is 9.99. The summed E-state index contributed by atoms with van der Waals surface area (Å²) in [5.41, 5.74) is 0.774. The molecule has 2 aromatic rings. The molecule has 0 bridgehead atoms. The summed E-state index contributed by atoms with van der Waals surface area (Å²) in [6, 6.07) is 11.7. The van der Waals surface area contributed by atoms with Crippen molar-refractivity contribution in [3.05, 3.63) is 54.6 Å². The lowest BCUT2D eigenvalue weighted by Crippen LogP contribution is -1.98. The highest BCUT2D eigenvalue weighted by molar-refractivity contribution is 5.88. The maximum absolute atomic E-state index is 9.94. The summed E-state index contributed by atoms with van der Waals surface area (Å²) in [6.45, 7) is 3.61. The van der Waals surface area contributed by atoms with Gasteiger partial charge in [0, 0.05) is 5.56 Å². The van der Waals surface area contributed by atoms with Crippen molar-refractivity contribution in [3.8, 4) is 5.75 Å². The predicted octanol–water partition coefficient (Wildman–Crippen LogP) is 3.07. The molecule has 16 heavy (non-hydrogen) atoms. The number of ether oxygens (including phenoxy) is 1. The van der Waals surface area contributed by atoms with Crippen LogP contribution in [0.15, 0.2) is 49.1 Å². The third-order valence-corrected chi connectivity index (χ3v) is 2.67. The minimum Gasteiger partial charge on any atom is -0.496 e. The Kier molecular flexibility index (Phi) is 2.93. The van der Waals surface area contributed by atoms with E-state index in [-0.39, 0.29) is 0 Å². The number of benzene rings is 2. The van der Waals surface area contributed by atoms with E-state index in [4.69, 9.17) is 4.74 Å². The average Bonchev–Trinajstić information content (AvgIpc) is 2.36. The van der Waals surface area contributed by atoms with Crippen LogP contribution in [0, 0.1) is 0 Å². The van der Waals surface area contributed by atoms with Crippen LogP contribution in [0.5, 0.6) is 5.75 Å². The molecular weight excluding hydrogens is 200 g/mol. The fraction of sp³-hybridized carbons (Fsp3) is 0.143. The van der Waals surface area contributed by atoms with Crippen molar-refractivity contribution in [1.82, 2.24) is 0 Å². The molecule has 0 fully saturated rings. The number of fused-ring (bicyclic) bond motifs is 1. The van der Waals surface area contributed by atoms with E-state index >= 15 is 0 Å². The first kappa shape index (κ1) is 10.7. The number of rotatable bonds is 3. The summed E-state index contributed by atoms with van der Waals surface area (Å²) >= 11 is 0. The zero-order valence-electron chi connectivity index (χ0n) is 9.18. The van der Waals surface area contributed by atoms with Crippen LogP contribution in [-0.2, 0) is 0 Å². The summed E-state index contributed by atoms with van der Waals surface area (Å²) < 4.78 is 5.27. The quantitative estimate of drug-likeness (QED) is 0.796. The van der Waals surface area contributed by atoms with Gasteiger partial charge in [-0.05, 0) is 16.8 Å². The van der Waals surface area contributed by atoms with Crippen LogP contribution < -0.4 is 4.74 Å². The predicted molar refractivity (Wildman–Crippen MR) is 65.7 cm³/mol. The molecule has 1 atom stereocenters. The van der Waals surface area contributed by atoms with Gasteiger partial charge in [0.05, 0.1) is 7.11 Å². The van der Waals surface area contributed by atoms with E-state index in [1.807, 2.05) is 36.4 Å². The van der Waals surface area contributed by atoms with Crippen LogP contribution in [-0.4, -0.2) is 12.2 Å². The number of aliphatic hydroxyl groups excluding tert-OH is 1. The summed E-state index contributed by atoms with van der Waals surface area (Å²) in [6.07, 6.45) is 0.797. The molecule has 2 nitrogen and oxygen atoms in total. The fourth-order valence-corrected chi connectivity index (χ4v) is 1.88. The van der Waals surface area contributed by atoms with Crippen molar-refractivity contribution in [1.29, 1.82) is 0 Å². The zero-order valence-corrected chi connectivity index (χ0v) is 9.18. The molecule has 0 saturated heterocycles. The minimum atomic E-state index is -0.707. The van der Waals surface area contributed by atoms with Crippen molar-refractivity contribution in [2.45, 2.75) is 6.10 Å². The van der Waals surface area contributed by atoms with E-state index in [1.165, 1.54) is 6.08 Å². The Balaban J connectivity index is 2.77. The number of aliphatic hydroxyl groups is 1. The second kappa shape index (κ2) is 4.37. The van der Waals surface area contributed by atoms with Crippen LogP contribution in [0.2, 0.25) is 0 Å². The van der Waals surface area contributed by atoms with Crippen molar-refractivity contribution in [2.75, 3.05) is 7.11 Å². The number of methoxy groups -OCH3 is 1. The topological polar surface area (TPSA) is 29.5 Å². The second-order valence-electron chi connectivity index (χ2n) is 3.58. The largest absolute Gasteiger partial charge is 0.496 e. The summed E-state index contributed by atoms with van der Waals surface area (Å²) in [4.78, 5) is 0. The van der Waals surface area contributed by atoms with Gasteiger partial charge < -0.3 is 9.84 Å². The molecule has 1 N–H and O–H groups in total. The summed E-state index contributed by atoms with van der Waals surface area (Å²) in [7, 11) is 1.60. The Hall–Kier alpha value is -1.80. The first-order chi connectivity index (χ1) is 7.77. The third-order valence-electron chi connectivity index (χ3n) is 2.67.